The largest absolute Gasteiger partial charge is 0.508 e. The molecule has 0 aliphatic carbocycles. The van der Waals surface area contributed by atoms with Crippen molar-refractivity contribution < 1.29 is 5.11 Å². The van der Waals surface area contributed by atoms with Crippen molar-refractivity contribution in [3.63, 3.8) is 0 Å². The molecule has 12 heavy (non-hydrogen) atoms. The van der Waals surface area contributed by atoms with Crippen LogP contribution < -0.4 is 0 Å². The SMILES string of the molecule is Oc1ccc(Cl)c(Cl)c1CCCl. The third-order valence-corrected chi connectivity index (χ3v) is 2.55. The molecule has 0 aromatic heterocycles. The van der Waals surface area contributed by atoms with E-state index in [4.69, 9.17) is 34.8 Å². The van der Waals surface area contributed by atoms with Crippen LogP contribution in [-0.2, 0) is 6.42 Å². The molecule has 0 saturated carbocycles. The van der Waals surface area contributed by atoms with Gasteiger partial charge < -0.3 is 5.11 Å². The maximum absolute atomic E-state index is 9.35. The summed E-state index contributed by atoms with van der Waals surface area (Å²) < 4.78 is 0. The first-order chi connectivity index (χ1) is 5.66. The Morgan fingerprint density at radius 3 is 2.50 bits per heavy atom. The zero-order valence-corrected chi connectivity index (χ0v) is 8.42. The molecular formula is C8H7Cl3O. The summed E-state index contributed by atoms with van der Waals surface area (Å²) in [7, 11) is 0. The van der Waals surface area contributed by atoms with Crippen LogP contribution in [0.3, 0.4) is 0 Å². The van der Waals surface area contributed by atoms with Crippen molar-refractivity contribution in [2.24, 2.45) is 0 Å². The molecule has 0 fully saturated rings. The van der Waals surface area contributed by atoms with E-state index in [1.807, 2.05) is 0 Å². The number of hydrogen-bond acceptors (Lipinski definition) is 1. The summed E-state index contributed by atoms with van der Waals surface area (Å²) in [6.07, 6.45) is 0.521. The summed E-state index contributed by atoms with van der Waals surface area (Å²) in [6.45, 7) is 0. The molecule has 0 unspecified atom stereocenters. The molecule has 1 N–H and O–H groups in total. The second-order valence-corrected chi connectivity index (χ2v) is 3.46. The van der Waals surface area contributed by atoms with Crippen molar-refractivity contribution in [1.82, 2.24) is 0 Å². The van der Waals surface area contributed by atoms with E-state index in [1.54, 1.807) is 6.07 Å². The van der Waals surface area contributed by atoms with Crippen molar-refractivity contribution in [3.05, 3.63) is 27.7 Å². The fraction of sp³-hybridized carbons (Fsp3) is 0.250. The summed E-state index contributed by atoms with van der Waals surface area (Å²) in [5.41, 5.74) is 0.610. The van der Waals surface area contributed by atoms with Crippen LogP contribution in [0.2, 0.25) is 10.0 Å². The normalized spacial score (nSPS) is 10.2. The molecule has 0 bridgehead atoms. The van der Waals surface area contributed by atoms with E-state index in [0.717, 1.165) is 0 Å². The summed E-state index contributed by atoms with van der Waals surface area (Å²) in [5, 5.41) is 10.2. The molecule has 1 rings (SSSR count). The van der Waals surface area contributed by atoms with Gasteiger partial charge in [-0.25, -0.2) is 0 Å². The number of hydrogen-bond donors (Lipinski definition) is 1. The highest BCUT2D eigenvalue weighted by Gasteiger charge is 2.08. The molecule has 0 amide bonds. The van der Waals surface area contributed by atoms with Gasteiger partial charge in [0.05, 0.1) is 10.0 Å². The van der Waals surface area contributed by atoms with Gasteiger partial charge in [-0.2, -0.15) is 0 Å². The number of alkyl halides is 1. The molecule has 0 aliphatic rings. The first-order valence-corrected chi connectivity index (χ1v) is 4.67. The van der Waals surface area contributed by atoms with Gasteiger partial charge in [0.2, 0.25) is 0 Å². The molecule has 0 saturated heterocycles. The minimum atomic E-state index is 0.144. The Kier molecular flexibility index (Phi) is 3.51. The summed E-state index contributed by atoms with van der Waals surface area (Å²) in [4.78, 5) is 0. The number of rotatable bonds is 2. The van der Waals surface area contributed by atoms with Crippen LogP contribution in [0.15, 0.2) is 12.1 Å². The highest BCUT2D eigenvalue weighted by atomic mass is 35.5. The van der Waals surface area contributed by atoms with E-state index in [9.17, 15) is 5.11 Å². The molecule has 4 heteroatoms. The smallest absolute Gasteiger partial charge is 0.120 e. The van der Waals surface area contributed by atoms with Crippen molar-refractivity contribution in [2.75, 3.05) is 5.88 Å². The highest BCUT2D eigenvalue weighted by Crippen LogP contribution is 2.32. The Hall–Kier alpha value is -0.110. The average molecular weight is 226 g/mol. The Morgan fingerprint density at radius 2 is 1.92 bits per heavy atom. The lowest BCUT2D eigenvalue weighted by atomic mass is 10.1. The van der Waals surface area contributed by atoms with Gasteiger partial charge >= 0.3 is 0 Å². The number of halogens is 3. The lowest BCUT2D eigenvalue weighted by molar-refractivity contribution is 0.469. The second kappa shape index (κ2) is 4.22. The molecule has 1 nitrogen and oxygen atoms in total. The molecule has 0 atom stereocenters. The zero-order chi connectivity index (χ0) is 9.14. The van der Waals surface area contributed by atoms with Gasteiger partial charge in [0, 0.05) is 11.4 Å². The predicted octanol–water partition coefficient (Wildman–Crippen LogP) is 3.48. The maximum atomic E-state index is 9.35. The number of aromatic hydroxyl groups is 1. The predicted molar refractivity (Wildman–Crippen MR) is 52.6 cm³/mol. The summed E-state index contributed by atoms with van der Waals surface area (Å²) in [5.74, 6) is 0.554. The van der Waals surface area contributed by atoms with Crippen LogP contribution in [0.4, 0.5) is 0 Å². The van der Waals surface area contributed by atoms with Gasteiger partial charge in [-0.05, 0) is 18.6 Å². The first-order valence-electron chi connectivity index (χ1n) is 3.38. The summed E-state index contributed by atoms with van der Waals surface area (Å²) in [6, 6.07) is 3.06. The Labute approximate surface area is 85.9 Å². The molecule has 66 valence electrons. The minimum absolute atomic E-state index is 0.144. The third kappa shape index (κ3) is 1.98. The highest BCUT2D eigenvalue weighted by molar-refractivity contribution is 6.42. The van der Waals surface area contributed by atoms with Crippen LogP contribution in [-0.4, -0.2) is 11.0 Å². The van der Waals surface area contributed by atoms with Crippen LogP contribution in [0.1, 0.15) is 5.56 Å². The molecular weight excluding hydrogens is 218 g/mol. The van der Waals surface area contributed by atoms with Crippen molar-refractivity contribution in [1.29, 1.82) is 0 Å². The van der Waals surface area contributed by atoms with E-state index < -0.39 is 0 Å². The van der Waals surface area contributed by atoms with Gasteiger partial charge in [0.1, 0.15) is 5.75 Å². The molecule has 0 spiro atoms. The van der Waals surface area contributed by atoms with E-state index >= 15 is 0 Å². The van der Waals surface area contributed by atoms with Crippen LogP contribution >= 0.6 is 34.8 Å². The van der Waals surface area contributed by atoms with Gasteiger partial charge in [0.15, 0.2) is 0 Å². The first kappa shape index (κ1) is 9.97. The second-order valence-electron chi connectivity index (χ2n) is 2.30. The molecule has 1 aromatic rings. The van der Waals surface area contributed by atoms with Gasteiger partial charge in [-0.3, -0.25) is 0 Å². The standard InChI is InChI=1S/C8H7Cl3O/c9-4-3-5-7(12)2-1-6(10)8(5)11/h1-2,12H,3-4H2. The monoisotopic (exact) mass is 224 g/mol. The van der Waals surface area contributed by atoms with Crippen LogP contribution in [0.25, 0.3) is 0 Å². The number of phenols is 1. The average Bonchev–Trinajstić information content (AvgIpc) is 2.06. The van der Waals surface area contributed by atoms with E-state index in [-0.39, 0.29) is 5.75 Å². The molecule has 1 aromatic carbocycles. The van der Waals surface area contributed by atoms with Gasteiger partial charge in [-0.1, -0.05) is 23.2 Å². The maximum Gasteiger partial charge on any atom is 0.120 e. The fourth-order valence-corrected chi connectivity index (χ4v) is 1.54. The van der Waals surface area contributed by atoms with Crippen LogP contribution in [0.5, 0.6) is 5.75 Å². The third-order valence-electron chi connectivity index (χ3n) is 1.52. The molecule has 0 aliphatic heterocycles. The Bertz CT molecular complexity index is 286. The zero-order valence-electron chi connectivity index (χ0n) is 6.15. The Morgan fingerprint density at radius 1 is 1.25 bits per heavy atom. The Balaban J connectivity index is 3.14. The minimum Gasteiger partial charge on any atom is -0.508 e. The van der Waals surface area contributed by atoms with E-state index in [2.05, 4.69) is 0 Å². The van der Waals surface area contributed by atoms with E-state index in [0.29, 0.717) is 27.9 Å². The van der Waals surface area contributed by atoms with Crippen LogP contribution in [0, 0.1) is 0 Å². The molecule has 0 heterocycles. The topological polar surface area (TPSA) is 20.2 Å². The summed E-state index contributed by atoms with van der Waals surface area (Å²) >= 11 is 17.1. The lowest BCUT2D eigenvalue weighted by Gasteiger charge is -2.05. The van der Waals surface area contributed by atoms with Crippen molar-refractivity contribution >= 4 is 34.8 Å². The number of benzene rings is 1. The quantitative estimate of drug-likeness (QED) is 0.764. The number of phenolic OH excluding ortho intramolecular Hbond substituents is 1. The van der Waals surface area contributed by atoms with Crippen molar-refractivity contribution in [2.45, 2.75) is 6.42 Å². The molecule has 0 radical (unpaired) electrons. The lowest BCUT2D eigenvalue weighted by Crippen LogP contribution is -1.89. The van der Waals surface area contributed by atoms with Crippen molar-refractivity contribution in [3.8, 4) is 5.75 Å². The van der Waals surface area contributed by atoms with E-state index in [1.165, 1.54) is 6.07 Å². The fourth-order valence-electron chi connectivity index (χ4n) is 0.915. The van der Waals surface area contributed by atoms with Gasteiger partial charge in [0.25, 0.3) is 0 Å². The van der Waals surface area contributed by atoms with Gasteiger partial charge in [-0.15, -0.1) is 11.6 Å².